The van der Waals surface area contributed by atoms with E-state index in [4.69, 9.17) is 5.11 Å². The summed E-state index contributed by atoms with van der Waals surface area (Å²) in [4.78, 5) is 28.3. The minimum absolute atomic E-state index is 0.00650. The standard InChI is InChI=1S/C11H16N4O4/c1-2-3-8-12-9(14-13-8)10(17)15-5-6(16)4-7(15)11(18)19/h6-7,16H,2-5H2,1H3,(H,18,19)(H,12,13,14). The monoisotopic (exact) mass is 268 g/mol. The number of aliphatic hydroxyl groups is 1. The van der Waals surface area contributed by atoms with Gasteiger partial charge in [-0.3, -0.25) is 9.89 Å². The van der Waals surface area contributed by atoms with Crippen LogP contribution >= 0.6 is 0 Å². The van der Waals surface area contributed by atoms with Crippen LogP contribution in [0.2, 0.25) is 0 Å². The Kier molecular flexibility index (Phi) is 3.79. The SMILES string of the molecule is CCCc1nc(C(=O)N2CC(O)CC2C(=O)O)n[nH]1. The van der Waals surface area contributed by atoms with Crippen molar-refractivity contribution in [3.8, 4) is 0 Å². The zero-order chi connectivity index (χ0) is 14.0. The van der Waals surface area contributed by atoms with Gasteiger partial charge in [0.25, 0.3) is 5.91 Å². The molecule has 1 aromatic rings. The number of carbonyl (C=O) groups excluding carboxylic acids is 1. The molecule has 0 radical (unpaired) electrons. The van der Waals surface area contributed by atoms with Crippen LogP contribution in [-0.4, -0.2) is 60.9 Å². The molecule has 2 atom stereocenters. The Bertz CT molecular complexity index is 487. The number of nitrogens with one attached hydrogen (secondary N) is 1. The molecule has 104 valence electrons. The number of hydrogen-bond acceptors (Lipinski definition) is 5. The molecule has 0 aliphatic carbocycles. The molecule has 1 aliphatic heterocycles. The van der Waals surface area contributed by atoms with E-state index in [1.54, 1.807) is 0 Å². The number of amides is 1. The molecule has 19 heavy (non-hydrogen) atoms. The average molecular weight is 268 g/mol. The molecular weight excluding hydrogens is 252 g/mol. The molecule has 3 N–H and O–H groups in total. The van der Waals surface area contributed by atoms with E-state index in [9.17, 15) is 14.7 Å². The Labute approximate surface area is 109 Å². The molecule has 2 rings (SSSR count). The number of carboxylic acids is 1. The summed E-state index contributed by atoms with van der Waals surface area (Å²) in [6.07, 6.45) is 0.751. The van der Waals surface area contributed by atoms with E-state index in [1.165, 1.54) is 0 Å². The van der Waals surface area contributed by atoms with E-state index >= 15 is 0 Å². The second-order valence-electron chi connectivity index (χ2n) is 4.56. The first-order valence-electron chi connectivity index (χ1n) is 6.16. The summed E-state index contributed by atoms with van der Waals surface area (Å²) in [7, 11) is 0. The van der Waals surface area contributed by atoms with Crippen molar-refractivity contribution in [2.24, 2.45) is 0 Å². The summed E-state index contributed by atoms with van der Waals surface area (Å²) in [6.45, 7) is 1.97. The predicted octanol–water partition coefficient (Wildman–Crippen LogP) is -0.583. The largest absolute Gasteiger partial charge is 0.480 e. The Balaban J connectivity index is 2.15. The van der Waals surface area contributed by atoms with Crippen molar-refractivity contribution in [2.75, 3.05) is 6.54 Å². The molecular formula is C11H16N4O4. The van der Waals surface area contributed by atoms with Gasteiger partial charge in [0.1, 0.15) is 11.9 Å². The maximum atomic E-state index is 12.1. The van der Waals surface area contributed by atoms with Crippen LogP contribution in [0.1, 0.15) is 36.2 Å². The van der Waals surface area contributed by atoms with Crippen LogP contribution in [0.25, 0.3) is 0 Å². The van der Waals surface area contributed by atoms with Gasteiger partial charge in [0.05, 0.1) is 6.10 Å². The lowest BCUT2D eigenvalue weighted by Gasteiger charge is -2.19. The number of aromatic nitrogens is 3. The molecule has 1 aliphatic rings. The number of carbonyl (C=O) groups is 2. The van der Waals surface area contributed by atoms with Crippen molar-refractivity contribution >= 4 is 11.9 Å². The predicted molar refractivity (Wildman–Crippen MR) is 63.5 cm³/mol. The minimum atomic E-state index is -1.13. The molecule has 1 saturated heterocycles. The number of aliphatic hydroxyl groups excluding tert-OH is 1. The molecule has 2 heterocycles. The van der Waals surface area contributed by atoms with E-state index in [0.717, 1.165) is 11.3 Å². The third-order valence-corrected chi connectivity index (χ3v) is 3.03. The van der Waals surface area contributed by atoms with Crippen LogP contribution in [0.15, 0.2) is 0 Å². The summed E-state index contributed by atoms with van der Waals surface area (Å²) >= 11 is 0. The van der Waals surface area contributed by atoms with Crippen molar-refractivity contribution in [2.45, 2.75) is 38.3 Å². The van der Waals surface area contributed by atoms with Gasteiger partial charge in [-0.1, -0.05) is 6.92 Å². The molecule has 0 saturated carbocycles. The molecule has 0 aromatic carbocycles. The number of aromatic amines is 1. The number of carboxylic acid groups (broad SMARTS) is 1. The van der Waals surface area contributed by atoms with Crippen LogP contribution in [-0.2, 0) is 11.2 Å². The Morgan fingerprint density at radius 3 is 2.89 bits per heavy atom. The van der Waals surface area contributed by atoms with Gasteiger partial charge in [0, 0.05) is 19.4 Å². The number of hydrogen-bond donors (Lipinski definition) is 3. The molecule has 1 amide bonds. The lowest BCUT2D eigenvalue weighted by molar-refractivity contribution is -0.141. The normalized spacial score (nSPS) is 22.7. The Hall–Kier alpha value is -1.96. The van der Waals surface area contributed by atoms with E-state index in [0.29, 0.717) is 12.2 Å². The lowest BCUT2D eigenvalue weighted by Crippen LogP contribution is -2.41. The summed E-state index contributed by atoms with van der Waals surface area (Å²) < 4.78 is 0. The number of aliphatic carboxylic acids is 1. The zero-order valence-corrected chi connectivity index (χ0v) is 10.5. The first-order chi connectivity index (χ1) is 9.02. The fourth-order valence-corrected chi connectivity index (χ4v) is 2.14. The van der Waals surface area contributed by atoms with E-state index < -0.39 is 24.0 Å². The molecule has 0 spiro atoms. The average Bonchev–Trinajstić information content (AvgIpc) is 2.95. The number of aryl methyl sites for hydroxylation is 1. The van der Waals surface area contributed by atoms with Gasteiger partial charge in [-0.2, -0.15) is 0 Å². The topological polar surface area (TPSA) is 119 Å². The van der Waals surface area contributed by atoms with Gasteiger partial charge in [-0.25, -0.2) is 9.78 Å². The highest BCUT2D eigenvalue weighted by molar-refractivity contribution is 5.94. The summed E-state index contributed by atoms with van der Waals surface area (Å²) in [5.74, 6) is -1.15. The quantitative estimate of drug-likeness (QED) is 0.672. The Morgan fingerprint density at radius 2 is 2.26 bits per heavy atom. The van der Waals surface area contributed by atoms with Gasteiger partial charge >= 0.3 is 5.97 Å². The van der Waals surface area contributed by atoms with Crippen LogP contribution < -0.4 is 0 Å². The summed E-state index contributed by atoms with van der Waals surface area (Å²) in [5, 5.41) is 25.0. The van der Waals surface area contributed by atoms with Gasteiger partial charge in [-0.15, -0.1) is 5.10 Å². The van der Waals surface area contributed by atoms with Crippen LogP contribution in [0, 0.1) is 0 Å². The maximum Gasteiger partial charge on any atom is 0.326 e. The van der Waals surface area contributed by atoms with Crippen molar-refractivity contribution in [1.29, 1.82) is 0 Å². The second kappa shape index (κ2) is 5.35. The summed E-state index contributed by atoms with van der Waals surface area (Å²) in [5.41, 5.74) is 0. The smallest absolute Gasteiger partial charge is 0.326 e. The Morgan fingerprint density at radius 1 is 1.53 bits per heavy atom. The molecule has 8 nitrogen and oxygen atoms in total. The minimum Gasteiger partial charge on any atom is -0.480 e. The van der Waals surface area contributed by atoms with Gasteiger partial charge in [0.15, 0.2) is 0 Å². The van der Waals surface area contributed by atoms with E-state index in [2.05, 4.69) is 15.2 Å². The van der Waals surface area contributed by atoms with Gasteiger partial charge in [-0.05, 0) is 6.42 Å². The number of likely N-dealkylation sites (tertiary alicyclic amines) is 1. The molecule has 1 fully saturated rings. The van der Waals surface area contributed by atoms with E-state index in [1.807, 2.05) is 6.92 Å². The van der Waals surface area contributed by atoms with Crippen LogP contribution in [0.4, 0.5) is 0 Å². The molecule has 2 unspecified atom stereocenters. The maximum absolute atomic E-state index is 12.1. The fourth-order valence-electron chi connectivity index (χ4n) is 2.14. The number of rotatable bonds is 4. The van der Waals surface area contributed by atoms with Gasteiger partial charge < -0.3 is 15.1 Å². The van der Waals surface area contributed by atoms with Crippen molar-refractivity contribution in [1.82, 2.24) is 20.1 Å². The van der Waals surface area contributed by atoms with Gasteiger partial charge in [0.2, 0.25) is 5.82 Å². The number of β-amino-alcohol motifs (C(OH)–C–C–N with tert-alkyl or cyclic N) is 1. The highest BCUT2D eigenvalue weighted by Crippen LogP contribution is 2.19. The number of H-pyrrole nitrogens is 1. The zero-order valence-electron chi connectivity index (χ0n) is 10.5. The first-order valence-corrected chi connectivity index (χ1v) is 6.16. The van der Waals surface area contributed by atoms with Crippen molar-refractivity contribution in [3.63, 3.8) is 0 Å². The molecule has 0 bridgehead atoms. The third kappa shape index (κ3) is 2.73. The highest BCUT2D eigenvalue weighted by Gasteiger charge is 2.40. The summed E-state index contributed by atoms with van der Waals surface area (Å²) in [6, 6.07) is -1.02. The van der Waals surface area contributed by atoms with E-state index in [-0.39, 0.29) is 18.8 Å². The first kappa shape index (κ1) is 13.5. The second-order valence-corrected chi connectivity index (χ2v) is 4.56. The molecule has 1 aromatic heterocycles. The van der Waals surface area contributed by atoms with Crippen molar-refractivity contribution < 1.29 is 19.8 Å². The lowest BCUT2D eigenvalue weighted by atomic mass is 10.2. The van der Waals surface area contributed by atoms with Crippen molar-refractivity contribution in [3.05, 3.63) is 11.6 Å². The highest BCUT2D eigenvalue weighted by atomic mass is 16.4. The fraction of sp³-hybridized carbons (Fsp3) is 0.636. The number of nitrogens with zero attached hydrogens (tertiary/aromatic N) is 3. The van der Waals surface area contributed by atoms with Crippen LogP contribution in [0.3, 0.4) is 0 Å². The molecule has 8 heteroatoms. The van der Waals surface area contributed by atoms with Crippen LogP contribution in [0.5, 0.6) is 0 Å². The third-order valence-electron chi connectivity index (χ3n) is 3.03.